The number of hydrogen-bond donors (Lipinski definition) is 1. The summed E-state index contributed by atoms with van der Waals surface area (Å²) in [6.07, 6.45) is 2.56. The SMILES string of the molecule is Cn1nccc1C(=O)N1CCCC(O)c2ccccc21. The van der Waals surface area contributed by atoms with Crippen LogP contribution in [0.15, 0.2) is 36.5 Å². The fraction of sp³-hybridized carbons (Fsp3) is 0.333. The van der Waals surface area contributed by atoms with E-state index in [1.807, 2.05) is 24.3 Å². The van der Waals surface area contributed by atoms with Crippen LogP contribution < -0.4 is 4.90 Å². The van der Waals surface area contributed by atoms with Gasteiger partial charge in [0.1, 0.15) is 5.69 Å². The predicted molar refractivity (Wildman–Crippen MR) is 75.5 cm³/mol. The smallest absolute Gasteiger partial charge is 0.276 e. The van der Waals surface area contributed by atoms with E-state index < -0.39 is 6.10 Å². The molecule has 1 aromatic heterocycles. The van der Waals surface area contributed by atoms with Gasteiger partial charge in [-0.05, 0) is 25.0 Å². The number of para-hydroxylation sites is 1. The molecule has 1 N–H and O–H groups in total. The Labute approximate surface area is 117 Å². The molecule has 5 nitrogen and oxygen atoms in total. The molecule has 1 aliphatic rings. The second kappa shape index (κ2) is 5.09. The number of aliphatic hydroxyl groups is 1. The Morgan fingerprint density at radius 2 is 2.15 bits per heavy atom. The number of rotatable bonds is 1. The zero-order valence-electron chi connectivity index (χ0n) is 11.4. The lowest BCUT2D eigenvalue weighted by molar-refractivity contribution is 0.0977. The lowest BCUT2D eigenvalue weighted by atomic mass is 10.0. The van der Waals surface area contributed by atoms with Gasteiger partial charge in [-0.2, -0.15) is 5.10 Å². The number of aliphatic hydroxyl groups excluding tert-OH is 1. The van der Waals surface area contributed by atoms with Crippen molar-refractivity contribution in [3.8, 4) is 0 Å². The Bertz CT molecular complexity index is 636. The van der Waals surface area contributed by atoms with Crippen molar-refractivity contribution < 1.29 is 9.90 Å². The number of hydrogen-bond acceptors (Lipinski definition) is 3. The Morgan fingerprint density at radius 3 is 2.90 bits per heavy atom. The Morgan fingerprint density at radius 1 is 1.35 bits per heavy atom. The first-order valence-corrected chi connectivity index (χ1v) is 6.75. The summed E-state index contributed by atoms with van der Waals surface area (Å²) in [5.41, 5.74) is 2.17. The van der Waals surface area contributed by atoms with Crippen LogP contribution in [0.3, 0.4) is 0 Å². The number of nitrogens with zero attached hydrogens (tertiary/aromatic N) is 3. The van der Waals surface area contributed by atoms with Crippen molar-refractivity contribution >= 4 is 11.6 Å². The quantitative estimate of drug-likeness (QED) is 0.861. The third kappa shape index (κ3) is 2.10. The van der Waals surface area contributed by atoms with E-state index in [0.717, 1.165) is 17.7 Å². The zero-order chi connectivity index (χ0) is 14.1. The molecule has 20 heavy (non-hydrogen) atoms. The molecule has 0 aliphatic carbocycles. The molecule has 0 radical (unpaired) electrons. The van der Waals surface area contributed by atoms with Crippen LogP contribution in [0.25, 0.3) is 0 Å². The number of aromatic nitrogens is 2. The van der Waals surface area contributed by atoms with E-state index in [-0.39, 0.29) is 5.91 Å². The van der Waals surface area contributed by atoms with Gasteiger partial charge >= 0.3 is 0 Å². The fourth-order valence-corrected chi connectivity index (χ4v) is 2.67. The van der Waals surface area contributed by atoms with Crippen molar-refractivity contribution in [2.24, 2.45) is 7.05 Å². The van der Waals surface area contributed by atoms with E-state index in [1.165, 1.54) is 0 Å². The molecule has 2 aromatic rings. The monoisotopic (exact) mass is 271 g/mol. The summed E-state index contributed by atoms with van der Waals surface area (Å²) in [4.78, 5) is 14.4. The topological polar surface area (TPSA) is 58.4 Å². The molecular formula is C15H17N3O2. The van der Waals surface area contributed by atoms with Gasteiger partial charge in [-0.1, -0.05) is 18.2 Å². The van der Waals surface area contributed by atoms with E-state index in [2.05, 4.69) is 5.10 Å². The predicted octanol–water partition coefficient (Wildman–Crippen LogP) is 1.89. The third-order valence-electron chi connectivity index (χ3n) is 3.73. The summed E-state index contributed by atoms with van der Waals surface area (Å²) in [5.74, 6) is -0.0773. The van der Waals surface area contributed by atoms with Gasteiger partial charge in [-0.15, -0.1) is 0 Å². The first-order valence-electron chi connectivity index (χ1n) is 6.75. The van der Waals surface area contributed by atoms with Gasteiger partial charge in [0, 0.05) is 31.0 Å². The molecule has 1 aromatic carbocycles. The summed E-state index contributed by atoms with van der Waals surface area (Å²) in [6.45, 7) is 0.609. The largest absolute Gasteiger partial charge is 0.388 e. The van der Waals surface area contributed by atoms with Crippen molar-refractivity contribution in [1.82, 2.24) is 9.78 Å². The van der Waals surface area contributed by atoms with Crippen LogP contribution in [0.1, 0.15) is 35.0 Å². The van der Waals surface area contributed by atoms with Crippen molar-refractivity contribution in [3.63, 3.8) is 0 Å². The van der Waals surface area contributed by atoms with Crippen LogP contribution in [-0.2, 0) is 7.05 Å². The average molecular weight is 271 g/mol. The molecule has 104 valence electrons. The lowest BCUT2D eigenvalue weighted by Crippen LogP contribution is -2.33. The van der Waals surface area contributed by atoms with Crippen LogP contribution in [0, 0.1) is 0 Å². The summed E-state index contributed by atoms with van der Waals surface area (Å²) >= 11 is 0. The molecule has 0 bridgehead atoms. The maximum atomic E-state index is 12.7. The minimum Gasteiger partial charge on any atom is -0.388 e. The van der Waals surface area contributed by atoms with Crippen molar-refractivity contribution in [1.29, 1.82) is 0 Å². The first kappa shape index (κ1) is 12.9. The summed E-state index contributed by atoms with van der Waals surface area (Å²) in [7, 11) is 1.76. The fourth-order valence-electron chi connectivity index (χ4n) is 2.67. The maximum Gasteiger partial charge on any atom is 0.276 e. The molecule has 5 heteroatoms. The highest BCUT2D eigenvalue weighted by Crippen LogP contribution is 2.33. The van der Waals surface area contributed by atoms with Crippen molar-refractivity contribution in [2.75, 3.05) is 11.4 Å². The van der Waals surface area contributed by atoms with Crippen LogP contribution in [0.5, 0.6) is 0 Å². The number of aryl methyl sites for hydroxylation is 1. The summed E-state index contributed by atoms with van der Waals surface area (Å²) in [5, 5.41) is 14.2. The van der Waals surface area contributed by atoms with E-state index in [4.69, 9.17) is 0 Å². The van der Waals surface area contributed by atoms with E-state index in [9.17, 15) is 9.90 Å². The van der Waals surface area contributed by atoms with E-state index in [0.29, 0.717) is 18.7 Å². The molecule has 1 atom stereocenters. The number of amides is 1. The molecule has 1 unspecified atom stereocenters. The Hall–Kier alpha value is -2.14. The van der Waals surface area contributed by atoms with Crippen molar-refractivity contribution in [3.05, 3.63) is 47.8 Å². The molecular weight excluding hydrogens is 254 g/mol. The standard InChI is InChI=1S/C15H17N3O2/c1-17-13(8-9-16-17)15(20)18-10-4-7-14(19)11-5-2-3-6-12(11)18/h2-3,5-6,8-9,14,19H,4,7,10H2,1H3. The van der Waals surface area contributed by atoms with Gasteiger partial charge in [0.25, 0.3) is 5.91 Å². The number of carbonyl (C=O) groups is 1. The van der Waals surface area contributed by atoms with Gasteiger partial charge < -0.3 is 10.0 Å². The third-order valence-corrected chi connectivity index (χ3v) is 3.73. The minimum absolute atomic E-state index is 0.0773. The molecule has 0 saturated heterocycles. The van der Waals surface area contributed by atoms with Crippen LogP contribution in [-0.4, -0.2) is 27.3 Å². The molecule has 1 amide bonds. The lowest BCUT2D eigenvalue weighted by Gasteiger charge is -2.23. The van der Waals surface area contributed by atoms with Crippen LogP contribution in [0.4, 0.5) is 5.69 Å². The highest BCUT2D eigenvalue weighted by atomic mass is 16.3. The van der Waals surface area contributed by atoms with Crippen LogP contribution >= 0.6 is 0 Å². The number of benzene rings is 1. The van der Waals surface area contributed by atoms with Gasteiger partial charge in [0.05, 0.1) is 6.10 Å². The number of anilines is 1. The van der Waals surface area contributed by atoms with Gasteiger partial charge in [-0.25, -0.2) is 0 Å². The minimum atomic E-state index is -0.504. The number of carbonyl (C=O) groups excluding carboxylic acids is 1. The average Bonchev–Trinajstić information content (AvgIpc) is 2.81. The molecule has 0 saturated carbocycles. The van der Waals surface area contributed by atoms with E-state index >= 15 is 0 Å². The molecule has 1 aliphatic heterocycles. The van der Waals surface area contributed by atoms with E-state index in [1.54, 1.807) is 28.9 Å². The Balaban J connectivity index is 2.03. The van der Waals surface area contributed by atoms with Gasteiger partial charge in [0.15, 0.2) is 0 Å². The highest BCUT2D eigenvalue weighted by molar-refractivity contribution is 6.05. The highest BCUT2D eigenvalue weighted by Gasteiger charge is 2.26. The van der Waals surface area contributed by atoms with Gasteiger partial charge in [0.2, 0.25) is 0 Å². The Kier molecular flexibility index (Phi) is 3.28. The molecule has 0 spiro atoms. The summed E-state index contributed by atoms with van der Waals surface area (Å²) < 4.78 is 1.58. The maximum absolute atomic E-state index is 12.7. The normalized spacial score (nSPS) is 18.5. The first-order chi connectivity index (χ1) is 9.68. The molecule has 3 rings (SSSR count). The number of fused-ring (bicyclic) bond motifs is 1. The van der Waals surface area contributed by atoms with Crippen molar-refractivity contribution in [2.45, 2.75) is 18.9 Å². The second-order valence-electron chi connectivity index (χ2n) is 5.01. The molecule has 0 fully saturated rings. The summed E-state index contributed by atoms with van der Waals surface area (Å²) in [6, 6.07) is 9.26. The van der Waals surface area contributed by atoms with Crippen LogP contribution in [0.2, 0.25) is 0 Å². The van der Waals surface area contributed by atoms with Gasteiger partial charge in [-0.3, -0.25) is 9.48 Å². The zero-order valence-corrected chi connectivity index (χ0v) is 11.4. The second-order valence-corrected chi connectivity index (χ2v) is 5.01. The molecule has 2 heterocycles.